The number of rotatable bonds is 6. The van der Waals surface area contributed by atoms with Crippen LogP contribution in [0.4, 0.5) is 0 Å². The molecular weight excluding hydrogens is 376 g/mol. The fraction of sp³-hybridized carbons (Fsp3) is 0.125. The fourth-order valence-electron chi connectivity index (χ4n) is 3.14. The molecule has 0 spiro atoms. The molecule has 0 atom stereocenters. The zero-order valence-electron chi connectivity index (χ0n) is 16.1. The van der Waals surface area contributed by atoms with Crippen LogP contribution in [0.15, 0.2) is 84.0 Å². The minimum Gasteiger partial charge on any atom is -0.274 e. The van der Waals surface area contributed by atoms with Crippen LogP contribution in [0.25, 0.3) is 5.69 Å². The van der Waals surface area contributed by atoms with Crippen LogP contribution in [0.3, 0.4) is 0 Å². The highest BCUT2D eigenvalue weighted by atomic mass is 32.2. The number of hydrogen-bond donors (Lipinski definition) is 0. The lowest BCUT2D eigenvalue weighted by atomic mass is 10.1. The second kappa shape index (κ2) is 8.76. The summed E-state index contributed by atoms with van der Waals surface area (Å²) in [7, 11) is 0. The predicted molar refractivity (Wildman–Crippen MR) is 116 cm³/mol. The molecule has 4 nitrogen and oxygen atoms in total. The van der Waals surface area contributed by atoms with Gasteiger partial charge in [0.2, 0.25) is 0 Å². The molecule has 0 bridgehead atoms. The van der Waals surface area contributed by atoms with Crippen molar-refractivity contribution in [2.75, 3.05) is 0 Å². The van der Waals surface area contributed by atoms with Crippen LogP contribution in [0.5, 0.6) is 0 Å². The van der Waals surface area contributed by atoms with Crippen LogP contribution in [0.1, 0.15) is 28.1 Å². The van der Waals surface area contributed by atoms with E-state index in [2.05, 4.69) is 64.2 Å². The van der Waals surface area contributed by atoms with E-state index >= 15 is 0 Å². The fourth-order valence-corrected chi connectivity index (χ4v) is 4.11. The van der Waals surface area contributed by atoms with Gasteiger partial charge in [0.1, 0.15) is 5.82 Å². The van der Waals surface area contributed by atoms with E-state index in [4.69, 9.17) is 0 Å². The van der Waals surface area contributed by atoms with Gasteiger partial charge >= 0.3 is 0 Å². The van der Waals surface area contributed by atoms with Gasteiger partial charge in [-0.15, -0.1) is 10.2 Å². The predicted octanol–water partition coefficient (Wildman–Crippen LogP) is 5.33. The van der Waals surface area contributed by atoms with Crippen LogP contribution in [0, 0.1) is 18.3 Å². The number of nitriles is 1. The van der Waals surface area contributed by atoms with Gasteiger partial charge in [0.05, 0.1) is 11.6 Å². The molecule has 29 heavy (non-hydrogen) atoms. The summed E-state index contributed by atoms with van der Waals surface area (Å²) in [5.74, 6) is 1.56. The van der Waals surface area contributed by atoms with E-state index in [9.17, 15) is 5.26 Å². The highest BCUT2D eigenvalue weighted by Crippen LogP contribution is 2.27. The molecule has 4 rings (SSSR count). The summed E-state index contributed by atoms with van der Waals surface area (Å²) >= 11 is 1.60. The maximum Gasteiger partial charge on any atom is 0.196 e. The van der Waals surface area contributed by atoms with Gasteiger partial charge < -0.3 is 0 Å². The molecule has 142 valence electrons. The average molecular weight is 397 g/mol. The minimum atomic E-state index is 0.666. The molecule has 1 heterocycles. The lowest BCUT2D eigenvalue weighted by Gasteiger charge is -2.11. The van der Waals surface area contributed by atoms with Gasteiger partial charge in [0.25, 0.3) is 0 Å². The molecule has 0 fully saturated rings. The second-order valence-electron chi connectivity index (χ2n) is 6.79. The van der Waals surface area contributed by atoms with E-state index in [0.29, 0.717) is 17.7 Å². The van der Waals surface area contributed by atoms with Crippen molar-refractivity contribution in [1.29, 1.82) is 5.26 Å². The first-order valence-electron chi connectivity index (χ1n) is 9.40. The Kier molecular flexibility index (Phi) is 5.73. The number of thioether (sulfide) groups is 1. The van der Waals surface area contributed by atoms with Crippen LogP contribution in [-0.4, -0.2) is 14.8 Å². The van der Waals surface area contributed by atoms with Crippen molar-refractivity contribution in [1.82, 2.24) is 14.8 Å². The smallest absolute Gasteiger partial charge is 0.196 e. The first-order chi connectivity index (χ1) is 14.2. The van der Waals surface area contributed by atoms with Gasteiger partial charge in [-0.1, -0.05) is 78.0 Å². The SMILES string of the molecule is Cc1ccc(-n2c(Cc3ccccc3)nnc2SCc2ccccc2C#N)cc1. The summed E-state index contributed by atoms with van der Waals surface area (Å²) in [6, 6.07) is 28.6. The molecule has 3 aromatic carbocycles. The molecule has 0 aliphatic rings. The minimum absolute atomic E-state index is 0.666. The van der Waals surface area contributed by atoms with Crippen molar-refractivity contribution in [3.05, 3.63) is 107 Å². The van der Waals surface area contributed by atoms with E-state index in [0.717, 1.165) is 22.2 Å². The number of aromatic nitrogens is 3. The molecule has 0 amide bonds. The first-order valence-corrected chi connectivity index (χ1v) is 10.4. The number of hydrogen-bond acceptors (Lipinski definition) is 4. The Morgan fingerprint density at radius 3 is 2.38 bits per heavy atom. The molecular formula is C24H20N4S. The highest BCUT2D eigenvalue weighted by Gasteiger charge is 2.15. The molecule has 4 aromatic rings. The Balaban J connectivity index is 1.68. The van der Waals surface area contributed by atoms with Gasteiger partial charge in [-0.05, 0) is 36.2 Å². The van der Waals surface area contributed by atoms with E-state index in [1.165, 1.54) is 11.1 Å². The van der Waals surface area contributed by atoms with Crippen LogP contribution < -0.4 is 0 Å². The lowest BCUT2D eigenvalue weighted by Crippen LogP contribution is -2.04. The van der Waals surface area contributed by atoms with E-state index in [1.807, 2.05) is 42.5 Å². The van der Waals surface area contributed by atoms with Crippen molar-refractivity contribution in [2.24, 2.45) is 0 Å². The third-order valence-electron chi connectivity index (χ3n) is 4.69. The third-order valence-corrected chi connectivity index (χ3v) is 5.67. The third kappa shape index (κ3) is 4.39. The summed E-state index contributed by atoms with van der Waals surface area (Å²) in [6.07, 6.45) is 0.705. The van der Waals surface area contributed by atoms with Gasteiger partial charge in [-0.2, -0.15) is 5.26 Å². The number of aryl methyl sites for hydroxylation is 1. The summed E-state index contributed by atoms with van der Waals surface area (Å²) in [5.41, 5.74) is 5.15. The molecule has 0 radical (unpaired) electrons. The quantitative estimate of drug-likeness (QED) is 0.413. The van der Waals surface area contributed by atoms with Crippen molar-refractivity contribution in [2.45, 2.75) is 24.3 Å². The van der Waals surface area contributed by atoms with Gasteiger partial charge in [-0.3, -0.25) is 4.57 Å². The summed E-state index contributed by atoms with van der Waals surface area (Å²) < 4.78 is 2.12. The Bertz CT molecular complexity index is 1140. The zero-order valence-corrected chi connectivity index (χ0v) is 16.9. The van der Waals surface area contributed by atoms with Crippen LogP contribution in [0.2, 0.25) is 0 Å². The van der Waals surface area contributed by atoms with Crippen molar-refractivity contribution in [3.63, 3.8) is 0 Å². The summed E-state index contributed by atoms with van der Waals surface area (Å²) in [5, 5.41) is 19.1. The monoisotopic (exact) mass is 396 g/mol. The molecule has 0 aliphatic carbocycles. The van der Waals surface area contributed by atoms with E-state index < -0.39 is 0 Å². The average Bonchev–Trinajstić information content (AvgIpc) is 3.16. The zero-order chi connectivity index (χ0) is 20.1. The topological polar surface area (TPSA) is 54.5 Å². The standard InChI is InChI=1S/C24H20N4S/c1-18-11-13-22(14-12-18)28-23(15-19-7-3-2-4-8-19)26-27-24(28)29-17-21-10-6-5-9-20(21)16-25/h2-14H,15,17H2,1H3. The van der Waals surface area contributed by atoms with Gasteiger partial charge in [-0.25, -0.2) is 0 Å². The largest absolute Gasteiger partial charge is 0.274 e. The molecule has 0 unspecified atom stereocenters. The van der Waals surface area contributed by atoms with Crippen LogP contribution >= 0.6 is 11.8 Å². The Labute approximate surface area is 174 Å². The maximum atomic E-state index is 9.35. The Morgan fingerprint density at radius 2 is 1.62 bits per heavy atom. The molecule has 0 N–H and O–H groups in total. The lowest BCUT2D eigenvalue weighted by molar-refractivity contribution is 0.847. The molecule has 0 saturated heterocycles. The maximum absolute atomic E-state index is 9.35. The Hall–Kier alpha value is -3.36. The summed E-state index contributed by atoms with van der Waals surface area (Å²) in [4.78, 5) is 0. The van der Waals surface area contributed by atoms with E-state index in [-0.39, 0.29) is 0 Å². The Morgan fingerprint density at radius 1 is 0.897 bits per heavy atom. The first kappa shape index (κ1) is 19.0. The summed E-state index contributed by atoms with van der Waals surface area (Å²) in [6.45, 7) is 2.08. The van der Waals surface area contributed by atoms with E-state index in [1.54, 1.807) is 11.8 Å². The highest BCUT2D eigenvalue weighted by molar-refractivity contribution is 7.98. The number of benzene rings is 3. The van der Waals surface area contributed by atoms with Crippen LogP contribution in [-0.2, 0) is 12.2 Å². The van der Waals surface area contributed by atoms with Gasteiger partial charge in [0, 0.05) is 17.9 Å². The van der Waals surface area contributed by atoms with Crippen molar-refractivity contribution >= 4 is 11.8 Å². The normalized spacial score (nSPS) is 10.6. The van der Waals surface area contributed by atoms with Gasteiger partial charge in [0.15, 0.2) is 5.16 Å². The van der Waals surface area contributed by atoms with Crippen molar-refractivity contribution in [3.8, 4) is 11.8 Å². The molecule has 0 aliphatic heterocycles. The van der Waals surface area contributed by atoms with Crippen molar-refractivity contribution < 1.29 is 0 Å². The molecule has 1 aromatic heterocycles. The second-order valence-corrected chi connectivity index (χ2v) is 7.73. The molecule has 5 heteroatoms. The molecule has 0 saturated carbocycles. The number of nitrogens with zero attached hydrogens (tertiary/aromatic N) is 4.